The van der Waals surface area contributed by atoms with E-state index in [0.29, 0.717) is 13.0 Å². The fourth-order valence-corrected chi connectivity index (χ4v) is 3.70. The first-order valence-electron chi connectivity index (χ1n) is 10.3. The summed E-state index contributed by atoms with van der Waals surface area (Å²) < 4.78 is 13.9. The van der Waals surface area contributed by atoms with Crippen molar-refractivity contribution in [1.82, 2.24) is 15.5 Å². The Kier molecular flexibility index (Phi) is 9.47. The molecule has 2 unspecified atom stereocenters. The minimum absolute atomic E-state index is 0. The Labute approximate surface area is 184 Å². The summed E-state index contributed by atoms with van der Waals surface area (Å²) >= 11 is 0. The predicted octanol–water partition coefficient (Wildman–Crippen LogP) is 3.65. The normalized spacial score (nSPS) is 22.3. The number of benzene rings is 1. The molecule has 28 heavy (non-hydrogen) atoms. The zero-order valence-electron chi connectivity index (χ0n) is 16.6. The lowest BCUT2D eigenvalue weighted by Crippen LogP contribution is -2.39. The third kappa shape index (κ3) is 6.60. The van der Waals surface area contributed by atoms with Crippen molar-refractivity contribution in [3.63, 3.8) is 0 Å². The fraction of sp³-hybridized carbons (Fsp3) is 0.619. The number of halogens is 2. The molecule has 1 aromatic carbocycles. The number of carbonyl (C=O) groups is 1. The van der Waals surface area contributed by atoms with Gasteiger partial charge in [-0.3, -0.25) is 9.79 Å². The summed E-state index contributed by atoms with van der Waals surface area (Å²) in [5, 5.41) is 6.68. The molecule has 0 aromatic heterocycles. The van der Waals surface area contributed by atoms with Gasteiger partial charge in [0, 0.05) is 44.6 Å². The first kappa shape index (κ1) is 22.9. The zero-order chi connectivity index (χ0) is 19.1. The number of rotatable bonds is 7. The van der Waals surface area contributed by atoms with E-state index >= 15 is 0 Å². The number of guanidine groups is 1. The van der Waals surface area contributed by atoms with Gasteiger partial charge in [-0.25, -0.2) is 4.39 Å². The van der Waals surface area contributed by atoms with E-state index in [2.05, 4.69) is 15.6 Å². The van der Waals surface area contributed by atoms with E-state index in [4.69, 9.17) is 0 Å². The standard InChI is InChI=1S/C21H31FN4O.HI/c1-2-23-21(24-12-8-14-26-13-7-3-4-11-20(26)27)25-19-15-17(19)16-9-5-6-10-18(16)22;/h5-6,9-10,17,19H,2-4,7-8,11-15H2,1H3,(H2,23,24,25);1H. The van der Waals surface area contributed by atoms with Crippen LogP contribution < -0.4 is 10.6 Å². The van der Waals surface area contributed by atoms with Crippen molar-refractivity contribution in [1.29, 1.82) is 0 Å². The van der Waals surface area contributed by atoms with E-state index in [9.17, 15) is 9.18 Å². The van der Waals surface area contributed by atoms with Crippen molar-refractivity contribution >= 4 is 35.8 Å². The average Bonchev–Trinajstić information content (AvgIpc) is 3.44. The lowest BCUT2D eigenvalue weighted by Gasteiger charge is -2.20. The lowest BCUT2D eigenvalue weighted by atomic mass is 10.1. The molecule has 1 aromatic rings. The number of hydrogen-bond donors (Lipinski definition) is 2. The summed E-state index contributed by atoms with van der Waals surface area (Å²) in [7, 11) is 0. The van der Waals surface area contributed by atoms with Gasteiger partial charge in [0.05, 0.1) is 0 Å². The molecule has 1 aliphatic carbocycles. The number of carbonyl (C=O) groups excluding carboxylic acids is 1. The van der Waals surface area contributed by atoms with Crippen LogP contribution in [0.1, 0.15) is 56.9 Å². The molecule has 5 nitrogen and oxygen atoms in total. The minimum atomic E-state index is -0.129. The summed E-state index contributed by atoms with van der Waals surface area (Å²) in [5.74, 6) is 1.15. The van der Waals surface area contributed by atoms with Gasteiger partial charge in [0.2, 0.25) is 5.91 Å². The quantitative estimate of drug-likeness (QED) is 0.259. The largest absolute Gasteiger partial charge is 0.357 e. The maximum absolute atomic E-state index is 13.9. The highest BCUT2D eigenvalue weighted by atomic mass is 127. The van der Waals surface area contributed by atoms with Crippen LogP contribution in [0, 0.1) is 5.82 Å². The monoisotopic (exact) mass is 502 g/mol. The molecule has 2 fully saturated rings. The Morgan fingerprint density at radius 3 is 2.89 bits per heavy atom. The minimum Gasteiger partial charge on any atom is -0.357 e. The van der Waals surface area contributed by atoms with Gasteiger partial charge in [0.15, 0.2) is 5.96 Å². The summed E-state index contributed by atoms with van der Waals surface area (Å²) in [6.45, 7) is 5.16. The Balaban J connectivity index is 0.00000280. The Hall–Kier alpha value is -1.38. The highest BCUT2D eigenvalue weighted by molar-refractivity contribution is 14.0. The van der Waals surface area contributed by atoms with Crippen molar-refractivity contribution in [2.75, 3.05) is 26.2 Å². The molecule has 1 aliphatic heterocycles. The van der Waals surface area contributed by atoms with Crippen molar-refractivity contribution in [2.24, 2.45) is 4.99 Å². The smallest absolute Gasteiger partial charge is 0.222 e. The van der Waals surface area contributed by atoms with E-state index in [1.165, 1.54) is 6.07 Å². The molecule has 1 heterocycles. The lowest BCUT2D eigenvalue weighted by molar-refractivity contribution is -0.130. The third-order valence-electron chi connectivity index (χ3n) is 5.29. The first-order valence-corrected chi connectivity index (χ1v) is 10.3. The van der Waals surface area contributed by atoms with Crippen LogP contribution in [0.5, 0.6) is 0 Å². The highest BCUT2D eigenvalue weighted by Crippen LogP contribution is 2.41. The number of nitrogens with one attached hydrogen (secondary N) is 2. The van der Waals surface area contributed by atoms with Crippen LogP contribution in [0.3, 0.4) is 0 Å². The molecular weight excluding hydrogens is 470 g/mol. The number of amides is 1. The van der Waals surface area contributed by atoms with Crippen LogP contribution >= 0.6 is 24.0 Å². The van der Waals surface area contributed by atoms with Crippen LogP contribution in [-0.4, -0.2) is 49.0 Å². The topological polar surface area (TPSA) is 56.7 Å². The second-order valence-corrected chi connectivity index (χ2v) is 7.42. The highest BCUT2D eigenvalue weighted by Gasteiger charge is 2.40. The molecular formula is C21H32FIN4O. The Morgan fingerprint density at radius 2 is 2.11 bits per heavy atom. The number of likely N-dealkylation sites (tertiary alicyclic amines) is 1. The van der Waals surface area contributed by atoms with Gasteiger partial charge in [-0.2, -0.15) is 0 Å². The van der Waals surface area contributed by atoms with E-state index in [1.54, 1.807) is 6.07 Å². The zero-order valence-corrected chi connectivity index (χ0v) is 19.0. The molecule has 0 spiro atoms. The van der Waals surface area contributed by atoms with Gasteiger partial charge in [0.25, 0.3) is 0 Å². The van der Waals surface area contributed by atoms with E-state index < -0.39 is 0 Å². The molecule has 2 aliphatic rings. The van der Waals surface area contributed by atoms with Gasteiger partial charge in [0.1, 0.15) is 5.82 Å². The summed E-state index contributed by atoms with van der Waals surface area (Å²) in [4.78, 5) is 18.7. The Morgan fingerprint density at radius 1 is 1.29 bits per heavy atom. The molecule has 1 saturated carbocycles. The van der Waals surface area contributed by atoms with Crippen molar-refractivity contribution < 1.29 is 9.18 Å². The maximum atomic E-state index is 13.9. The van der Waals surface area contributed by atoms with Crippen LogP contribution in [0.15, 0.2) is 29.3 Å². The number of nitrogens with zero attached hydrogens (tertiary/aromatic N) is 2. The van der Waals surface area contributed by atoms with Crippen molar-refractivity contribution in [3.05, 3.63) is 35.6 Å². The van der Waals surface area contributed by atoms with Crippen molar-refractivity contribution in [2.45, 2.75) is 57.4 Å². The predicted molar refractivity (Wildman–Crippen MR) is 122 cm³/mol. The molecule has 0 radical (unpaired) electrons. The average molecular weight is 502 g/mol. The molecule has 3 rings (SSSR count). The van der Waals surface area contributed by atoms with Crippen LogP contribution in [0.4, 0.5) is 4.39 Å². The van der Waals surface area contributed by atoms with Gasteiger partial charge in [-0.1, -0.05) is 24.6 Å². The second kappa shape index (κ2) is 11.6. The van der Waals surface area contributed by atoms with Crippen LogP contribution in [0.2, 0.25) is 0 Å². The van der Waals surface area contributed by atoms with Gasteiger partial charge >= 0.3 is 0 Å². The SMILES string of the molecule is CCNC(=NCCCN1CCCCCC1=O)NC1CC1c1ccccc1F.I. The molecule has 1 saturated heterocycles. The summed E-state index contributed by atoms with van der Waals surface area (Å²) in [6, 6.07) is 7.23. The summed E-state index contributed by atoms with van der Waals surface area (Å²) in [6.07, 6.45) is 5.76. The van der Waals surface area contributed by atoms with E-state index in [1.807, 2.05) is 24.0 Å². The fourth-order valence-electron chi connectivity index (χ4n) is 3.70. The molecule has 0 bridgehead atoms. The molecule has 2 N–H and O–H groups in total. The second-order valence-electron chi connectivity index (χ2n) is 7.42. The van der Waals surface area contributed by atoms with Gasteiger partial charge in [-0.15, -0.1) is 24.0 Å². The first-order chi connectivity index (χ1) is 13.2. The van der Waals surface area contributed by atoms with Gasteiger partial charge < -0.3 is 15.5 Å². The van der Waals surface area contributed by atoms with Gasteiger partial charge in [-0.05, 0) is 44.2 Å². The van der Waals surface area contributed by atoms with Crippen molar-refractivity contribution in [3.8, 4) is 0 Å². The Bertz CT molecular complexity index is 670. The maximum Gasteiger partial charge on any atom is 0.222 e. The number of aliphatic imine (C=N–C) groups is 1. The molecule has 2 atom stereocenters. The van der Waals surface area contributed by atoms with Crippen LogP contribution in [0.25, 0.3) is 0 Å². The molecule has 1 amide bonds. The number of hydrogen-bond acceptors (Lipinski definition) is 2. The third-order valence-corrected chi connectivity index (χ3v) is 5.29. The molecule has 7 heteroatoms. The van der Waals surface area contributed by atoms with E-state index in [0.717, 1.165) is 63.3 Å². The van der Waals surface area contributed by atoms with Crippen LogP contribution in [-0.2, 0) is 4.79 Å². The molecule has 156 valence electrons. The van der Waals surface area contributed by atoms with E-state index in [-0.39, 0.29) is 47.7 Å². The summed E-state index contributed by atoms with van der Waals surface area (Å²) in [5.41, 5.74) is 0.783.